The third-order valence-corrected chi connectivity index (χ3v) is 4.20. The fourth-order valence-electron chi connectivity index (χ4n) is 1.24. The molecule has 0 fully saturated rings. The molecule has 1 aromatic rings. The number of aliphatic carboxylic acids is 1. The highest BCUT2D eigenvalue weighted by molar-refractivity contribution is 7.89. The van der Waals surface area contributed by atoms with Crippen molar-refractivity contribution in [3.8, 4) is 0 Å². The predicted molar refractivity (Wildman–Crippen MR) is 65.3 cm³/mol. The highest BCUT2D eigenvalue weighted by Gasteiger charge is 2.33. The van der Waals surface area contributed by atoms with E-state index < -0.39 is 50.3 Å². The third kappa shape index (κ3) is 4.56. The highest BCUT2D eigenvalue weighted by Crippen LogP contribution is 2.33. The third-order valence-electron chi connectivity index (χ3n) is 2.30. The van der Waals surface area contributed by atoms with Crippen molar-refractivity contribution in [2.45, 2.75) is 17.2 Å². The molecular weight excluding hydrogens is 339 g/mol. The molecule has 11 heteroatoms. The molecule has 0 saturated heterocycles. The lowest BCUT2D eigenvalue weighted by atomic mass is 10.2. The minimum absolute atomic E-state index is 0.317. The Hall–Kier alpha value is -1.36. The number of rotatable bonds is 5. The van der Waals surface area contributed by atoms with Crippen molar-refractivity contribution in [2.24, 2.45) is 0 Å². The van der Waals surface area contributed by atoms with E-state index >= 15 is 0 Å². The molecule has 0 heterocycles. The lowest BCUT2D eigenvalue weighted by Gasteiger charge is -2.12. The van der Waals surface area contributed by atoms with Gasteiger partial charge in [0.1, 0.15) is 4.90 Å². The van der Waals surface area contributed by atoms with Crippen molar-refractivity contribution in [3.05, 3.63) is 28.8 Å². The van der Waals surface area contributed by atoms with Crippen molar-refractivity contribution in [1.29, 1.82) is 0 Å². The number of carboxylic acid groups (broad SMARTS) is 1. The first-order valence-electron chi connectivity index (χ1n) is 5.22. The van der Waals surface area contributed by atoms with E-state index in [9.17, 15) is 26.4 Å². The van der Waals surface area contributed by atoms with Crippen LogP contribution in [0.5, 0.6) is 0 Å². The van der Waals surface area contributed by atoms with E-state index in [0.29, 0.717) is 12.1 Å². The molecule has 0 amide bonds. The van der Waals surface area contributed by atoms with Crippen LogP contribution in [0.3, 0.4) is 0 Å². The van der Waals surface area contributed by atoms with E-state index in [1.54, 1.807) is 4.72 Å². The Morgan fingerprint density at radius 2 is 1.95 bits per heavy atom. The van der Waals surface area contributed by atoms with Gasteiger partial charge in [0.25, 0.3) is 0 Å². The number of hydrogen-bond donors (Lipinski definition) is 3. The summed E-state index contributed by atoms with van der Waals surface area (Å²) in [4.78, 5) is 9.48. The topological polar surface area (TPSA) is 104 Å². The summed E-state index contributed by atoms with van der Waals surface area (Å²) in [5, 5.41) is 16.9. The van der Waals surface area contributed by atoms with Crippen LogP contribution in [0.25, 0.3) is 0 Å². The van der Waals surface area contributed by atoms with Gasteiger partial charge in [-0.15, -0.1) is 0 Å². The van der Waals surface area contributed by atoms with Gasteiger partial charge in [0.2, 0.25) is 10.0 Å². The van der Waals surface area contributed by atoms with Crippen LogP contribution < -0.4 is 4.72 Å². The Kier molecular flexibility index (Phi) is 5.20. The monoisotopic (exact) mass is 347 g/mol. The summed E-state index contributed by atoms with van der Waals surface area (Å²) in [5.74, 6) is -1.69. The van der Waals surface area contributed by atoms with Gasteiger partial charge in [0.05, 0.1) is 10.6 Å². The molecule has 0 spiro atoms. The van der Waals surface area contributed by atoms with Crippen molar-refractivity contribution in [2.75, 3.05) is 6.54 Å². The van der Waals surface area contributed by atoms with Gasteiger partial charge >= 0.3 is 12.1 Å². The SMILES string of the molecule is O=C(O)C(O)CNS(=O)(=O)c1cc(C(F)(F)F)ccc1Cl. The molecule has 6 nitrogen and oxygen atoms in total. The van der Waals surface area contributed by atoms with Crippen LogP contribution in [-0.4, -0.2) is 37.2 Å². The van der Waals surface area contributed by atoms with Crippen LogP contribution in [0.4, 0.5) is 13.2 Å². The first kappa shape index (κ1) is 17.7. The van der Waals surface area contributed by atoms with Gasteiger partial charge in [-0.2, -0.15) is 13.2 Å². The molecule has 0 aliphatic carbocycles. The van der Waals surface area contributed by atoms with Crippen LogP contribution in [0.2, 0.25) is 5.02 Å². The smallest absolute Gasteiger partial charge is 0.416 e. The molecule has 0 saturated carbocycles. The predicted octanol–water partition coefficient (Wildman–Crippen LogP) is 1.08. The van der Waals surface area contributed by atoms with Crippen LogP contribution >= 0.6 is 11.6 Å². The fraction of sp³-hybridized carbons (Fsp3) is 0.300. The van der Waals surface area contributed by atoms with E-state index in [1.807, 2.05) is 0 Å². The molecular formula is C10H9ClF3NO5S. The molecule has 0 bridgehead atoms. The second-order valence-corrected chi connectivity index (χ2v) is 5.99. The van der Waals surface area contributed by atoms with E-state index in [-0.39, 0.29) is 0 Å². The van der Waals surface area contributed by atoms with E-state index in [2.05, 4.69) is 0 Å². The number of sulfonamides is 1. The number of aliphatic hydroxyl groups excluding tert-OH is 1. The number of carbonyl (C=O) groups is 1. The summed E-state index contributed by atoms with van der Waals surface area (Å²) < 4.78 is 62.8. The maximum absolute atomic E-state index is 12.5. The van der Waals surface area contributed by atoms with Gasteiger partial charge < -0.3 is 10.2 Å². The number of hydrogen-bond acceptors (Lipinski definition) is 4. The normalized spacial score (nSPS) is 14.0. The molecule has 118 valence electrons. The van der Waals surface area contributed by atoms with Crippen LogP contribution in [0.1, 0.15) is 5.56 Å². The number of halogens is 4. The highest BCUT2D eigenvalue weighted by atomic mass is 35.5. The second kappa shape index (κ2) is 6.18. The molecule has 1 aromatic carbocycles. The van der Waals surface area contributed by atoms with E-state index in [0.717, 1.165) is 6.07 Å². The molecule has 0 aliphatic rings. The quantitative estimate of drug-likeness (QED) is 0.739. The zero-order valence-corrected chi connectivity index (χ0v) is 11.6. The number of nitrogens with one attached hydrogen (secondary N) is 1. The molecule has 0 radical (unpaired) electrons. The minimum atomic E-state index is -4.77. The van der Waals surface area contributed by atoms with Gasteiger partial charge in [-0.25, -0.2) is 17.9 Å². The van der Waals surface area contributed by atoms with Gasteiger partial charge in [-0.1, -0.05) is 11.6 Å². The van der Waals surface area contributed by atoms with Crippen LogP contribution in [0.15, 0.2) is 23.1 Å². The molecule has 3 N–H and O–H groups in total. The summed E-state index contributed by atoms with van der Waals surface area (Å²) in [7, 11) is -4.51. The largest absolute Gasteiger partial charge is 0.479 e. The zero-order valence-electron chi connectivity index (χ0n) is 10.1. The maximum Gasteiger partial charge on any atom is 0.416 e. The molecule has 21 heavy (non-hydrogen) atoms. The van der Waals surface area contributed by atoms with Crippen molar-refractivity contribution < 1.29 is 36.6 Å². The Labute approximate surface area is 122 Å². The summed E-state index contributed by atoms with van der Waals surface area (Å²) in [6, 6.07) is 1.68. The summed E-state index contributed by atoms with van der Waals surface area (Å²) >= 11 is 5.54. The Morgan fingerprint density at radius 1 is 1.38 bits per heavy atom. The molecule has 1 unspecified atom stereocenters. The minimum Gasteiger partial charge on any atom is -0.479 e. The Morgan fingerprint density at radius 3 is 2.43 bits per heavy atom. The lowest BCUT2D eigenvalue weighted by Crippen LogP contribution is -2.36. The first-order valence-corrected chi connectivity index (χ1v) is 7.08. The second-order valence-electron chi connectivity index (χ2n) is 3.85. The Bertz CT molecular complexity index is 647. The van der Waals surface area contributed by atoms with Gasteiger partial charge in [0, 0.05) is 6.54 Å². The molecule has 0 aromatic heterocycles. The summed E-state index contributed by atoms with van der Waals surface area (Å²) in [5.41, 5.74) is -1.23. The number of alkyl halides is 3. The van der Waals surface area contributed by atoms with E-state index in [4.69, 9.17) is 21.8 Å². The van der Waals surface area contributed by atoms with Crippen molar-refractivity contribution in [3.63, 3.8) is 0 Å². The van der Waals surface area contributed by atoms with Gasteiger partial charge in [0.15, 0.2) is 6.10 Å². The van der Waals surface area contributed by atoms with Gasteiger partial charge in [-0.3, -0.25) is 0 Å². The van der Waals surface area contributed by atoms with Crippen LogP contribution in [-0.2, 0) is 21.0 Å². The van der Waals surface area contributed by atoms with Crippen molar-refractivity contribution >= 4 is 27.6 Å². The first-order chi connectivity index (χ1) is 9.45. The maximum atomic E-state index is 12.5. The molecule has 1 rings (SSSR count). The van der Waals surface area contributed by atoms with Crippen molar-refractivity contribution in [1.82, 2.24) is 4.72 Å². The molecule has 1 atom stereocenters. The number of benzene rings is 1. The average molecular weight is 348 g/mol. The van der Waals surface area contributed by atoms with Gasteiger partial charge in [-0.05, 0) is 18.2 Å². The average Bonchev–Trinajstić information content (AvgIpc) is 2.34. The number of carboxylic acids is 1. The van der Waals surface area contributed by atoms with Crippen LogP contribution in [0, 0.1) is 0 Å². The number of aliphatic hydroxyl groups is 1. The molecule has 0 aliphatic heterocycles. The summed E-state index contributed by atoms with van der Waals surface area (Å²) in [6.07, 6.45) is -6.81. The van der Waals surface area contributed by atoms with E-state index in [1.165, 1.54) is 0 Å². The summed E-state index contributed by atoms with van der Waals surface area (Å²) in [6.45, 7) is -0.912. The standard InChI is InChI=1S/C10H9ClF3NO5S/c11-6-2-1-5(10(12,13)14)3-8(6)21(19,20)15-4-7(16)9(17)18/h1-3,7,15-16H,4H2,(H,17,18). The lowest BCUT2D eigenvalue weighted by molar-refractivity contribution is -0.146. The Balaban J connectivity index is 3.11. The zero-order chi connectivity index (χ0) is 16.4. The fourth-order valence-corrected chi connectivity index (χ4v) is 2.80.